The first-order valence-corrected chi connectivity index (χ1v) is 8.13. The van der Waals surface area contributed by atoms with Gasteiger partial charge in [-0.15, -0.1) is 0 Å². The summed E-state index contributed by atoms with van der Waals surface area (Å²) in [5.41, 5.74) is 0.215. The number of nitro groups is 1. The predicted octanol–water partition coefficient (Wildman–Crippen LogP) is 3.87. The Morgan fingerprint density at radius 3 is 2.64 bits per heavy atom. The van der Waals surface area contributed by atoms with Crippen LogP contribution in [0.5, 0.6) is 5.75 Å². The smallest absolute Gasteiger partial charge is 0.342 e. The average Bonchev–Trinajstić information content (AvgIpc) is 2.48. The number of phenols is 1. The van der Waals surface area contributed by atoms with Crippen LogP contribution >= 0.6 is 45.2 Å². The van der Waals surface area contributed by atoms with Gasteiger partial charge in [0.25, 0.3) is 5.69 Å². The number of nitrogens with zero attached hydrogens (tertiary/aromatic N) is 1. The first-order chi connectivity index (χ1) is 10.4. The van der Waals surface area contributed by atoms with E-state index < -0.39 is 10.9 Å². The molecule has 2 rings (SSSR count). The third kappa shape index (κ3) is 3.85. The van der Waals surface area contributed by atoms with Gasteiger partial charge in [0.2, 0.25) is 0 Å². The summed E-state index contributed by atoms with van der Waals surface area (Å²) in [5.74, 6) is -0.888. The zero-order chi connectivity index (χ0) is 16.3. The molecule has 1 N–H and O–H groups in total. The molecule has 6 nitrogen and oxygen atoms in total. The van der Waals surface area contributed by atoms with Crippen LogP contribution in [0.1, 0.15) is 15.9 Å². The van der Waals surface area contributed by atoms with Gasteiger partial charge in [-0.05, 0) is 63.4 Å². The number of hydrogen-bond donors (Lipinski definition) is 1. The number of carbonyl (C=O) groups is 1. The fraction of sp³-hybridized carbons (Fsp3) is 0.0714. The Balaban J connectivity index is 2.19. The molecule has 0 saturated carbocycles. The highest BCUT2D eigenvalue weighted by atomic mass is 127. The first-order valence-electron chi connectivity index (χ1n) is 5.97. The Bertz CT molecular complexity index is 748. The van der Waals surface area contributed by atoms with Crippen molar-refractivity contribution in [3.05, 3.63) is 64.8 Å². The van der Waals surface area contributed by atoms with Crippen LogP contribution in [-0.4, -0.2) is 16.0 Å². The molecule has 0 saturated heterocycles. The maximum Gasteiger partial charge on any atom is 0.342 e. The van der Waals surface area contributed by atoms with Crippen molar-refractivity contribution in [1.82, 2.24) is 0 Å². The van der Waals surface area contributed by atoms with E-state index in [1.54, 1.807) is 12.1 Å². The number of benzene rings is 2. The van der Waals surface area contributed by atoms with E-state index in [0.29, 0.717) is 9.13 Å². The molecule has 0 aliphatic heterocycles. The van der Waals surface area contributed by atoms with Crippen LogP contribution in [0.25, 0.3) is 0 Å². The maximum absolute atomic E-state index is 12.1. The molecule has 0 atom stereocenters. The van der Waals surface area contributed by atoms with Crippen molar-refractivity contribution >= 4 is 56.8 Å². The van der Waals surface area contributed by atoms with Crippen molar-refractivity contribution in [2.24, 2.45) is 0 Å². The Morgan fingerprint density at radius 1 is 1.27 bits per heavy atom. The molecule has 114 valence electrons. The number of aromatic hydroxyl groups is 1. The molecule has 0 amide bonds. The van der Waals surface area contributed by atoms with Crippen molar-refractivity contribution in [2.45, 2.75) is 6.61 Å². The summed E-state index contributed by atoms with van der Waals surface area (Å²) >= 11 is 3.93. The minimum atomic E-state index is -0.730. The van der Waals surface area contributed by atoms with Crippen LogP contribution in [0.3, 0.4) is 0 Å². The zero-order valence-electron chi connectivity index (χ0n) is 11.0. The van der Waals surface area contributed by atoms with Crippen LogP contribution < -0.4 is 0 Å². The number of hydrogen-bond acceptors (Lipinski definition) is 5. The number of para-hydroxylation sites is 1. The van der Waals surface area contributed by atoms with E-state index in [1.165, 1.54) is 24.3 Å². The molecule has 0 aliphatic rings. The summed E-state index contributed by atoms with van der Waals surface area (Å²) in [6, 6.07) is 9.24. The molecule has 0 spiro atoms. The fourth-order valence-corrected chi connectivity index (χ4v) is 3.60. The molecular formula is C14H9I2NO5. The van der Waals surface area contributed by atoms with Crippen LogP contribution in [0.4, 0.5) is 5.69 Å². The number of carbonyl (C=O) groups excluding carboxylic acids is 1. The standard InChI is InChI=1S/C14H9I2NO5/c15-9-5-10(13(18)11(16)6-9)14(19)22-7-8-3-1-2-4-12(8)17(20)21/h1-6,18H,7H2. The van der Waals surface area contributed by atoms with Gasteiger partial charge in [0, 0.05) is 9.64 Å². The van der Waals surface area contributed by atoms with Gasteiger partial charge >= 0.3 is 5.97 Å². The summed E-state index contributed by atoms with van der Waals surface area (Å²) in [6.45, 7) is -0.239. The summed E-state index contributed by atoms with van der Waals surface area (Å²) in [7, 11) is 0. The van der Waals surface area contributed by atoms with Gasteiger partial charge in [-0.25, -0.2) is 4.79 Å². The quantitative estimate of drug-likeness (QED) is 0.284. The van der Waals surface area contributed by atoms with Crippen molar-refractivity contribution in [2.75, 3.05) is 0 Å². The van der Waals surface area contributed by atoms with Crippen LogP contribution in [0.2, 0.25) is 0 Å². The van der Waals surface area contributed by atoms with Gasteiger partial charge in [0.1, 0.15) is 17.9 Å². The lowest BCUT2D eigenvalue weighted by Gasteiger charge is -2.08. The molecule has 0 heterocycles. The number of halogens is 2. The highest BCUT2D eigenvalue weighted by Crippen LogP contribution is 2.28. The van der Waals surface area contributed by atoms with E-state index in [-0.39, 0.29) is 23.6 Å². The second kappa shape index (κ2) is 7.22. The molecule has 2 aromatic rings. The molecule has 0 fully saturated rings. The molecule has 2 aromatic carbocycles. The molecular weight excluding hydrogens is 516 g/mol. The lowest BCUT2D eigenvalue weighted by Crippen LogP contribution is -2.07. The number of ether oxygens (including phenoxy) is 1. The average molecular weight is 525 g/mol. The van der Waals surface area contributed by atoms with E-state index in [2.05, 4.69) is 0 Å². The van der Waals surface area contributed by atoms with E-state index in [1.807, 2.05) is 45.2 Å². The number of phenolic OH excluding ortho intramolecular Hbond substituents is 1. The van der Waals surface area contributed by atoms with Crippen LogP contribution in [0.15, 0.2) is 36.4 Å². The highest BCUT2D eigenvalue weighted by Gasteiger charge is 2.19. The summed E-state index contributed by atoms with van der Waals surface area (Å²) < 4.78 is 6.39. The Hall–Kier alpha value is -1.43. The third-order valence-electron chi connectivity index (χ3n) is 2.80. The third-order valence-corrected chi connectivity index (χ3v) is 4.24. The van der Waals surface area contributed by atoms with E-state index in [4.69, 9.17) is 4.74 Å². The Kier molecular flexibility index (Phi) is 5.56. The normalized spacial score (nSPS) is 10.3. The fourth-order valence-electron chi connectivity index (χ4n) is 1.75. The summed E-state index contributed by atoms with van der Waals surface area (Å²) in [4.78, 5) is 22.4. The van der Waals surface area contributed by atoms with E-state index in [9.17, 15) is 20.0 Å². The van der Waals surface area contributed by atoms with E-state index >= 15 is 0 Å². The molecule has 0 radical (unpaired) electrons. The minimum absolute atomic E-state index is 0.0369. The highest BCUT2D eigenvalue weighted by molar-refractivity contribution is 14.1. The van der Waals surface area contributed by atoms with E-state index in [0.717, 1.165) is 3.57 Å². The second-order valence-corrected chi connectivity index (χ2v) is 6.65. The van der Waals surface area contributed by atoms with Gasteiger partial charge in [0.15, 0.2) is 0 Å². The first kappa shape index (κ1) is 16.9. The predicted molar refractivity (Wildman–Crippen MR) is 95.8 cm³/mol. The molecule has 0 aliphatic carbocycles. The molecule has 22 heavy (non-hydrogen) atoms. The number of rotatable bonds is 4. The van der Waals surface area contributed by atoms with Crippen LogP contribution in [-0.2, 0) is 11.3 Å². The molecule has 0 bridgehead atoms. The Labute approximate surface area is 152 Å². The summed E-state index contributed by atoms with van der Waals surface area (Å²) in [5, 5.41) is 20.8. The van der Waals surface area contributed by atoms with Crippen LogP contribution in [0, 0.1) is 17.3 Å². The largest absolute Gasteiger partial charge is 0.506 e. The summed E-state index contributed by atoms with van der Waals surface area (Å²) in [6.07, 6.45) is 0. The lowest BCUT2D eigenvalue weighted by atomic mass is 10.2. The number of esters is 1. The van der Waals surface area contributed by atoms with Gasteiger partial charge in [-0.2, -0.15) is 0 Å². The van der Waals surface area contributed by atoms with Gasteiger partial charge in [0.05, 0.1) is 14.1 Å². The Morgan fingerprint density at radius 2 is 1.95 bits per heavy atom. The van der Waals surface area contributed by atoms with Crippen molar-refractivity contribution in [3.8, 4) is 5.75 Å². The maximum atomic E-state index is 12.1. The van der Waals surface area contributed by atoms with Crippen molar-refractivity contribution in [1.29, 1.82) is 0 Å². The van der Waals surface area contributed by atoms with Gasteiger partial charge in [-0.3, -0.25) is 10.1 Å². The topological polar surface area (TPSA) is 89.7 Å². The van der Waals surface area contributed by atoms with Crippen molar-refractivity contribution in [3.63, 3.8) is 0 Å². The van der Waals surface area contributed by atoms with Gasteiger partial charge < -0.3 is 9.84 Å². The zero-order valence-corrected chi connectivity index (χ0v) is 15.3. The second-order valence-electron chi connectivity index (χ2n) is 4.25. The lowest BCUT2D eigenvalue weighted by molar-refractivity contribution is -0.385. The van der Waals surface area contributed by atoms with Crippen molar-refractivity contribution < 1.29 is 19.6 Å². The molecule has 0 aromatic heterocycles. The monoisotopic (exact) mass is 525 g/mol. The number of nitro benzene ring substituents is 1. The van der Waals surface area contributed by atoms with Gasteiger partial charge in [-0.1, -0.05) is 12.1 Å². The molecule has 8 heteroatoms. The minimum Gasteiger partial charge on any atom is -0.506 e. The SMILES string of the molecule is O=C(OCc1ccccc1[N+](=O)[O-])c1cc(I)cc(I)c1O. The molecule has 0 unspecified atom stereocenters.